The first kappa shape index (κ1) is 9.71. The standard InChI is InChI=1S/C13H12O2/c1-2-7-15-13-6-4-10-3-5-12(14)8-11(10)9-13/h2-6,9H,1,7-8H2. The van der Waals surface area contributed by atoms with Crippen LogP contribution in [0.3, 0.4) is 0 Å². The van der Waals surface area contributed by atoms with Crippen LogP contribution in [-0.4, -0.2) is 12.4 Å². The van der Waals surface area contributed by atoms with Crippen molar-refractivity contribution >= 4 is 11.9 Å². The molecule has 1 aromatic rings. The summed E-state index contributed by atoms with van der Waals surface area (Å²) in [5.41, 5.74) is 2.13. The van der Waals surface area contributed by atoms with Gasteiger partial charge in [-0.15, -0.1) is 0 Å². The highest BCUT2D eigenvalue weighted by Crippen LogP contribution is 2.22. The molecule has 2 rings (SSSR count). The maximum Gasteiger partial charge on any atom is 0.160 e. The molecule has 1 aromatic carbocycles. The normalized spacial score (nSPS) is 13.5. The molecule has 0 unspecified atom stereocenters. The summed E-state index contributed by atoms with van der Waals surface area (Å²) in [4.78, 5) is 11.2. The van der Waals surface area contributed by atoms with Crippen LogP contribution in [0, 0.1) is 0 Å². The number of carbonyl (C=O) groups is 1. The lowest BCUT2D eigenvalue weighted by Crippen LogP contribution is -2.05. The third kappa shape index (κ3) is 2.15. The SMILES string of the molecule is C=CCOc1ccc2c(c1)CC(=O)C=C2. The lowest BCUT2D eigenvalue weighted by Gasteiger charge is -2.11. The zero-order valence-corrected chi connectivity index (χ0v) is 8.40. The van der Waals surface area contributed by atoms with Gasteiger partial charge in [0.2, 0.25) is 0 Å². The van der Waals surface area contributed by atoms with Crippen LogP contribution in [0.1, 0.15) is 11.1 Å². The Kier molecular flexibility index (Phi) is 2.68. The van der Waals surface area contributed by atoms with Gasteiger partial charge in [0.1, 0.15) is 12.4 Å². The maximum absolute atomic E-state index is 11.2. The van der Waals surface area contributed by atoms with E-state index in [0.717, 1.165) is 16.9 Å². The van der Waals surface area contributed by atoms with Gasteiger partial charge in [0.05, 0.1) is 0 Å². The van der Waals surface area contributed by atoms with Crippen molar-refractivity contribution in [3.05, 3.63) is 48.1 Å². The van der Waals surface area contributed by atoms with E-state index in [-0.39, 0.29) is 5.78 Å². The molecule has 0 amide bonds. The summed E-state index contributed by atoms with van der Waals surface area (Å²) in [7, 11) is 0. The van der Waals surface area contributed by atoms with E-state index in [4.69, 9.17) is 4.74 Å². The molecule has 0 spiro atoms. The Balaban J connectivity index is 2.25. The second-order valence-corrected chi connectivity index (χ2v) is 3.44. The fourth-order valence-corrected chi connectivity index (χ4v) is 1.57. The molecular weight excluding hydrogens is 188 g/mol. The van der Waals surface area contributed by atoms with Gasteiger partial charge in [0, 0.05) is 6.42 Å². The smallest absolute Gasteiger partial charge is 0.160 e. The number of benzene rings is 1. The fourth-order valence-electron chi connectivity index (χ4n) is 1.57. The molecule has 0 heterocycles. The Morgan fingerprint density at radius 2 is 2.27 bits per heavy atom. The molecule has 1 aliphatic carbocycles. The first-order valence-corrected chi connectivity index (χ1v) is 4.87. The first-order chi connectivity index (χ1) is 7.29. The highest BCUT2D eigenvalue weighted by Gasteiger charge is 2.10. The lowest BCUT2D eigenvalue weighted by atomic mass is 9.96. The van der Waals surface area contributed by atoms with E-state index in [0.29, 0.717) is 13.0 Å². The Labute approximate surface area is 88.9 Å². The van der Waals surface area contributed by atoms with Crippen molar-refractivity contribution in [2.45, 2.75) is 6.42 Å². The molecule has 0 saturated carbocycles. The van der Waals surface area contributed by atoms with Gasteiger partial charge in [-0.2, -0.15) is 0 Å². The average molecular weight is 200 g/mol. The number of carbonyl (C=O) groups excluding carboxylic acids is 1. The monoisotopic (exact) mass is 200 g/mol. The number of allylic oxidation sites excluding steroid dienone is 1. The molecule has 0 aromatic heterocycles. The minimum absolute atomic E-state index is 0.142. The van der Waals surface area contributed by atoms with Crippen molar-refractivity contribution in [1.82, 2.24) is 0 Å². The second kappa shape index (κ2) is 4.13. The van der Waals surface area contributed by atoms with Crippen LogP contribution in [0.5, 0.6) is 5.75 Å². The molecule has 1 aliphatic rings. The van der Waals surface area contributed by atoms with Crippen molar-refractivity contribution in [3.63, 3.8) is 0 Å². The van der Waals surface area contributed by atoms with Crippen molar-refractivity contribution in [1.29, 1.82) is 0 Å². The number of fused-ring (bicyclic) bond motifs is 1. The predicted molar refractivity (Wildman–Crippen MR) is 59.9 cm³/mol. The third-order valence-corrected chi connectivity index (χ3v) is 2.30. The molecule has 76 valence electrons. The van der Waals surface area contributed by atoms with E-state index in [1.165, 1.54) is 0 Å². The lowest BCUT2D eigenvalue weighted by molar-refractivity contribution is -0.114. The van der Waals surface area contributed by atoms with Crippen LogP contribution in [0.2, 0.25) is 0 Å². The molecule has 0 aliphatic heterocycles. The topological polar surface area (TPSA) is 26.3 Å². The van der Waals surface area contributed by atoms with E-state index in [2.05, 4.69) is 6.58 Å². The van der Waals surface area contributed by atoms with Crippen molar-refractivity contribution in [3.8, 4) is 5.75 Å². The van der Waals surface area contributed by atoms with Gasteiger partial charge in [0.25, 0.3) is 0 Å². The van der Waals surface area contributed by atoms with Crippen molar-refractivity contribution in [2.24, 2.45) is 0 Å². The van der Waals surface area contributed by atoms with Gasteiger partial charge in [-0.1, -0.05) is 24.8 Å². The summed E-state index contributed by atoms with van der Waals surface area (Å²) < 4.78 is 5.40. The minimum atomic E-state index is 0.142. The molecule has 0 N–H and O–H groups in total. The van der Waals surface area contributed by atoms with E-state index in [1.54, 1.807) is 12.2 Å². The van der Waals surface area contributed by atoms with Gasteiger partial charge in [0.15, 0.2) is 5.78 Å². The number of ketones is 1. The van der Waals surface area contributed by atoms with Crippen LogP contribution in [0.25, 0.3) is 6.08 Å². The van der Waals surface area contributed by atoms with Gasteiger partial charge >= 0.3 is 0 Å². The number of hydrogen-bond acceptors (Lipinski definition) is 2. The summed E-state index contributed by atoms with van der Waals surface area (Å²) in [5, 5.41) is 0. The van der Waals surface area contributed by atoms with E-state index in [9.17, 15) is 4.79 Å². The van der Waals surface area contributed by atoms with Gasteiger partial charge in [-0.3, -0.25) is 4.79 Å². The van der Waals surface area contributed by atoms with E-state index in [1.807, 2.05) is 24.3 Å². The zero-order chi connectivity index (χ0) is 10.7. The van der Waals surface area contributed by atoms with Crippen LogP contribution >= 0.6 is 0 Å². The van der Waals surface area contributed by atoms with Crippen LogP contribution in [0.4, 0.5) is 0 Å². The molecule has 0 radical (unpaired) electrons. The van der Waals surface area contributed by atoms with Crippen molar-refractivity contribution < 1.29 is 9.53 Å². The highest BCUT2D eigenvalue weighted by atomic mass is 16.5. The quantitative estimate of drug-likeness (QED) is 0.700. The number of ether oxygens (including phenoxy) is 1. The van der Waals surface area contributed by atoms with Gasteiger partial charge < -0.3 is 4.74 Å². The summed E-state index contributed by atoms with van der Waals surface area (Å²) in [6.07, 6.45) is 5.63. The van der Waals surface area contributed by atoms with Crippen LogP contribution in [-0.2, 0) is 11.2 Å². The second-order valence-electron chi connectivity index (χ2n) is 3.44. The summed E-state index contributed by atoms with van der Waals surface area (Å²) in [6, 6.07) is 5.79. The van der Waals surface area contributed by atoms with Gasteiger partial charge in [-0.25, -0.2) is 0 Å². The minimum Gasteiger partial charge on any atom is -0.490 e. The molecule has 0 saturated heterocycles. The molecule has 2 nitrogen and oxygen atoms in total. The Morgan fingerprint density at radius 1 is 1.40 bits per heavy atom. The highest BCUT2D eigenvalue weighted by molar-refractivity contribution is 5.98. The Hall–Kier alpha value is -1.83. The largest absolute Gasteiger partial charge is 0.490 e. The zero-order valence-electron chi connectivity index (χ0n) is 8.40. The van der Waals surface area contributed by atoms with E-state index < -0.39 is 0 Å². The fraction of sp³-hybridized carbons (Fsp3) is 0.154. The summed E-state index contributed by atoms with van der Waals surface area (Å²) >= 11 is 0. The van der Waals surface area contributed by atoms with Crippen molar-refractivity contribution in [2.75, 3.05) is 6.61 Å². The van der Waals surface area contributed by atoms with Crippen LogP contribution in [0.15, 0.2) is 36.9 Å². The average Bonchev–Trinajstić information content (AvgIpc) is 2.25. The summed E-state index contributed by atoms with van der Waals surface area (Å²) in [5.74, 6) is 0.931. The molecular formula is C13H12O2. The third-order valence-electron chi connectivity index (χ3n) is 2.30. The molecule has 15 heavy (non-hydrogen) atoms. The Bertz CT molecular complexity index is 430. The molecule has 2 heteroatoms. The number of rotatable bonds is 3. The maximum atomic E-state index is 11.2. The Morgan fingerprint density at radius 3 is 3.07 bits per heavy atom. The molecule has 0 bridgehead atoms. The number of hydrogen-bond donors (Lipinski definition) is 0. The summed E-state index contributed by atoms with van der Waals surface area (Å²) in [6.45, 7) is 4.07. The van der Waals surface area contributed by atoms with Crippen LogP contribution < -0.4 is 4.74 Å². The molecule has 0 fully saturated rings. The molecule has 0 atom stereocenters. The van der Waals surface area contributed by atoms with E-state index >= 15 is 0 Å². The first-order valence-electron chi connectivity index (χ1n) is 4.87. The van der Waals surface area contributed by atoms with Gasteiger partial charge in [-0.05, 0) is 29.3 Å². The predicted octanol–water partition coefficient (Wildman–Crippen LogP) is 2.39.